The lowest BCUT2D eigenvalue weighted by Gasteiger charge is -2.23. The predicted molar refractivity (Wildman–Crippen MR) is 111 cm³/mol. The zero-order valence-electron chi connectivity index (χ0n) is 17.0. The largest absolute Gasteiger partial charge is 0.370 e. The van der Waals surface area contributed by atoms with E-state index < -0.39 is 0 Å². The van der Waals surface area contributed by atoms with Crippen molar-refractivity contribution in [1.29, 1.82) is 0 Å². The van der Waals surface area contributed by atoms with Gasteiger partial charge in [0.1, 0.15) is 25.7 Å². The molecule has 1 saturated heterocycles. The van der Waals surface area contributed by atoms with Gasteiger partial charge in [0.15, 0.2) is 6.54 Å². The molecule has 1 aliphatic heterocycles. The first-order chi connectivity index (χ1) is 13.6. The van der Waals surface area contributed by atoms with E-state index in [2.05, 4.69) is 60.9 Å². The van der Waals surface area contributed by atoms with E-state index in [1.807, 2.05) is 18.2 Å². The minimum atomic E-state index is 0.0353. The highest BCUT2D eigenvalue weighted by molar-refractivity contribution is 5.91. The second kappa shape index (κ2) is 10.4. The molecule has 1 fully saturated rings. The number of carbonyl (C=O) groups excluding carboxylic acids is 1. The van der Waals surface area contributed by atoms with E-state index in [4.69, 9.17) is 4.74 Å². The van der Waals surface area contributed by atoms with Gasteiger partial charge in [0.2, 0.25) is 0 Å². The van der Waals surface area contributed by atoms with E-state index in [1.54, 1.807) is 4.90 Å². The van der Waals surface area contributed by atoms with Crippen LogP contribution in [0.15, 0.2) is 54.6 Å². The summed E-state index contributed by atoms with van der Waals surface area (Å²) in [4.78, 5) is 14.0. The molecule has 1 aliphatic rings. The van der Waals surface area contributed by atoms with Gasteiger partial charge in [0.05, 0.1) is 13.2 Å². The third kappa shape index (κ3) is 6.16. The van der Waals surface area contributed by atoms with Gasteiger partial charge in [-0.25, -0.2) is 0 Å². The number of anilines is 1. The molecule has 1 amide bonds. The first-order valence-corrected chi connectivity index (χ1v) is 10.3. The zero-order valence-corrected chi connectivity index (χ0v) is 17.0. The molecule has 0 bridgehead atoms. The van der Waals surface area contributed by atoms with Crippen LogP contribution in [0.3, 0.4) is 0 Å². The molecule has 1 atom stereocenters. The maximum Gasteiger partial charge on any atom is 0.279 e. The van der Waals surface area contributed by atoms with E-state index in [1.165, 1.54) is 11.1 Å². The molecule has 0 radical (unpaired) electrons. The number of hydrogen-bond donors (Lipinski definition) is 3. The molecule has 5 heteroatoms. The van der Waals surface area contributed by atoms with Crippen LogP contribution in [0.5, 0.6) is 0 Å². The fraction of sp³-hybridized carbons (Fsp3) is 0.435. The Kier molecular flexibility index (Phi) is 7.60. The summed E-state index contributed by atoms with van der Waals surface area (Å²) in [6, 6.07) is 18.9. The first kappa shape index (κ1) is 20.5. The van der Waals surface area contributed by atoms with Crippen LogP contribution in [0.4, 0.5) is 5.69 Å². The average molecular weight is 384 g/mol. The Bertz CT molecular complexity index is 725. The molecule has 2 aromatic carbocycles. The molecular formula is C23H33N3O2+2. The molecule has 4 N–H and O–H groups in total. The maximum atomic E-state index is 12.4. The number of amides is 1. The van der Waals surface area contributed by atoms with Crippen LogP contribution in [-0.4, -0.2) is 38.8 Å². The molecule has 0 aliphatic carbocycles. The summed E-state index contributed by atoms with van der Waals surface area (Å²) in [5, 5.41) is 5.15. The molecule has 0 saturated carbocycles. The molecule has 1 heterocycles. The number of carbonyl (C=O) groups is 1. The summed E-state index contributed by atoms with van der Waals surface area (Å²) in [5.74, 6) is 0.491. The Morgan fingerprint density at radius 1 is 1.07 bits per heavy atom. The van der Waals surface area contributed by atoms with Gasteiger partial charge in [-0.15, -0.1) is 0 Å². The minimum absolute atomic E-state index is 0.0353. The molecule has 0 aromatic heterocycles. The Balaban J connectivity index is 1.48. The monoisotopic (exact) mass is 383 g/mol. The molecule has 0 spiro atoms. The summed E-state index contributed by atoms with van der Waals surface area (Å²) < 4.78 is 5.41. The van der Waals surface area contributed by atoms with Gasteiger partial charge in [0, 0.05) is 22.7 Å². The van der Waals surface area contributed by atoms with Crippen molar-refractivity contribution in [2.75, 3.05) is 38.2 Å². The van der Waals surface area contributed by atoms with Crippen LogP contribution < -0.4 is 15.5 Å². The first-order valence-electron chi connectivity index (χ1n) is 10.3. The lowest BCUT2D eigenvalue weighted by molar-refractivity contribution is -0.921. The minimum Gasteiger partial charge on any atom is -0.370 e. The van der Waals surface area contributed by atoms with Crippen LogP contribution in [-0.2, 0) is 16.1 Å². The normalized spacial score (nSPS) is 16.1. The maximum absolute atomic E-state index is 12.4. The van der Waals surface area contributed by atoms with Crippen molar-refractivity contribution in [1.82, 2.24) is 0 Å². The third-order valence-electron chi connectivity index (χ3n) is 5.35. The fourth-order valence-electron chi connectivity index (χ4n) is 3.75. The third-order valence-corrected chi connectivity index (χ3v) is 5.35. The zero-order chi connectivity index (χ0) is 19.8. The van der Waals surface area contributed by atoms with Crippen molar-refractivity contribution >= 4 is 11.6 Å². The standard InChI is InChI=1S/C23H31N3O2/c1-18(2)23(20-6-4-3-5-7-20)24-16-22(27)25-21-10-8-19(9-11-21)17-26-12-14-28-15-13-26/h3-11,18,23-24H,12-17H2,1-2H3,(H,25,27)/p+2/t23-/m1/s1. The number of morpholine rings is 1. The van der Waals surface area contributed by atoms with Gasteiger partial charge in [-0.05, 0) is 12.1 Å². The molecule has 150 valence electrons. The van der Waals surface area contributed by atoms with Gasteiger partial charge in [0.25, 0.3) is 5.91 Å². The van der Waals surface area contributed by atoms with Gasteiger partial charge >= 0.3 is 0 Å². The Morgan fingerprint density at radius 2 is 1.75 bits per heavy atom. The van der Waals surface area contributed by atoms with Crippen molar-refractivity contribution < 1.29 is 19.7 Å². The molecule has 3 rings (SSSR count). The van der Waals surface area contributed by atoms with Crippen LogP contribution in [0.1, 0.15) is 31.0 Å². The Morgan fingerprint density at radius 3 is 2.39 bits per heavy atom. The van der Waals surface area contributed by atoms with Crippen molar-refractivity contribution in [3.8, 4) is 0 Å². The quantitative estimate of drug-likeness (QED) is 0.637. The van der Waals surface area contributed by atoms with E-state index in [9.17, 15) is 4.79 Å². The lowest BCUT2D eigenvalue weighted by atomic mass is 9.96. The van der Waals surface area contributed by atoms with Crippen LogP contribution >= 0.6 is 0 Å². The number of benzene rings is 2. The fourth-order valence-corrected chi connectivity index (χ4v) is 3.75. The predicted octanol–water partition coefficient (Wildman–Crippen LogP) is 1.00. The van der Waals surface area contributed by atoms with Gasteiger partial charge < -0.3 is 20.3 Å². The van der Waals surface area contributed by atoms with Crippen LogP contribution in [0.25, 0.3) is 0 Å². The molecular weight excluding hydrogens is 350 g/mol. The second-order valence-corrected chi connectivity index (χ2v) is 7.90. The summed E-state index contributed by atoms with van der Waals surface area (Å²) in [6.07, 6.45) is 0. The second-order valence-electron chi connectivity index (χ2n) is 7.90. The topological polar surface area (TPSA) is 59.4 Å². The van der Waals surface area contributed by atoms with Crippen LogP contribution in [0.2, 0.25) is 0 Å². The number of hydrogen-bond acceptors (Lipinski definition) is 2. The molecule has 5 nitrogen and oxygen atoms in total. The summed E-state index contributed by atoms with van der Waals surface area (Å²) in [6.45, 7) is 9.64. The highest BCUT2D eigenvalue weighted by Gasteiger charge is 2.20. The number of nitrogens with one attached hydrogen (secondary N) is 2. The lowest BCUT2D eigenvalue weighted by Crippen LogP contribution is -3.12. The summed E-state index contributed by atoms with van der Waals surface area (Å²) in [7, 11) is 0. The summed E-state index contributed by atoms with van der Waals surface area (Å²) in [5.41, 5.74) is 3.42. The van der Waals surface area contributed by atoms with Gasteiger partial charge in [-0.2, -0.15) is 0 Å². The van der Waals surface area contributed by atoms with Crippen molar-refractivity contribution in [2.24, 2.45) is 5.92 Å². The Labute approximate surface area is 168 Å². The van der Waals surface area contributed by atoms with Gasteiger partial charge in [-0.3, -0.25) is 4.79 Å². The number of quaternary nitrogens is 2. The van der Waals surface area contributed by atoms with E-state index in [0.717, 1.165) is 38.5 Å². The average Bonchev–Trinajstić information content (AvgIpc) is 2.71. The Hall–Kier alpha value is -2.21. The van der Waals surface area contributed by atoms with Crippen molar-refractivity contribution in [3.05, 3.63) is 65.7 Å². The molecule has 28 heavy (non-hydrogen) atoms. The molecule has 2 aromatic rings. The number of nitrogens with two attached hydrogens (primary N) is 1. The molecule has 0 unspecified atom stereocenters. The highest BCUT2D eigenvalue weighted by atomic mass is 16.5. The smallest absolute Gasteiger partial charge is 0.279 e. The summed E-state index contributed by atoms with van der Waals surface area (Å²) >= 11 is 0. The SMILES string of the molecule is CC(C)[C@@H]([NH2+]CC(=O)Nc1ccc(C[NH+]2CCOCC2)cc1)c1ccccc1. The van der Waals surface area contributed by atoms with E-state index in [0.29, 0.717) is 12.5 Å². The van der Waals surface area contributed by atoms with Crippen molar-refractivity contribution in [2.45, 2.75) is 26.4 Å². The van der Waals surface area contributed by atoms with E-state index in [-0.39, 0.29) is 11.9 Å². The number of rotatable bonds is 8. The van der Waals surface area contributed by atoms with Gasteiger partial charge in [-0.1, -0.05) is 56.3 Å². The van der Waals surface area contributed by atoms with Crippen molar-refractivity contribution in [3.63, 3.8) is 0 Å². The number of ether oxygens (including phenoxy) is 1. The van der Waals surface area contributed by atoms with E-state index >= 15 is 0 Å². The van der Waals surface area contributed by atoms with Crippen LogP contribution in [0, 0.1) is 5.92 Å². The highest BCUT2D eigenvalue weighted by Crippen LogP contribution is 2.16.